The molecule has 0 radical (unpaired) electrons. The smallest absolute Gasteiger partial charge is 0.358 e. The fourth-order valence-electron chi connectivity index (χ4n) is 2.96. The molecule has 9 heteroatoms. The molecule has 28 heavy (non-hydrogen) atoms. The maximum atomic E-state index is 11.6. The first-order valence-electron chi connectivity index (χ1n) is 9.19. The first-order chi connectivity index (χ1) is 13.7. The summed E-state index contributed by atoms with van der Waals surface area (Å²) in [6.07, 6.45) is 0. The second-order valence-electron chi connectivity index (χ2n) is 6.36. The quantitative estimate of drug-likeness (QED) is 0.633. The summed E-state index contributed by atoms with van der Waals surface area (Å²) >= 11 is 1.56. The third-order valence-corrected chi connectivity index (χ3v) is 5.28. The molecule has 146 valence electrons. The van der Waals surface area contributed by atoms with Gasteiger partial charge in [0, 0.05) is 19.6 Å². The van der Waals surface area contributed by atoms with Crippen LogP contribution in [0.5, 0.6) is 0 Å². The number of morpholine rings is 1. The van der Waals surface area contributed by atoms with Crippen molar-refractivity contribution < 1.29 is 14.3 Å². The Bertz CT molecular complexity index is 954. The molecule has 1 N–H and O–H groups in total. The summed E-state index contributed by atoms with van der Waals surface area (Å²) in [7, 11) is 0. The summed E-state index contributed by atoms with van der Waals surface area (Å²) in [5.74, 6) is 0.0509. The van der Waals surface area contributed by atoms with Crippen molar-refractivity contribution in [3.63, 3.8) is 0 Å². The average molecular weight is 399 g/mol. The van der Waals surface area contributed by atoms with Gasteiger partial charge in [0.25, 0.3) is 0 Å². The van der Waals surface area contributed by atoms with Gasteiger partial charge in [-0.15, -0.1) is 10.2 Å². The van der Waals surface area contributed by atoms with E-state index in [1.807, 2.05) is 6.07 Å². The number of nitrogens with zero attached hydrogens (tertiary/aromatic N) is 4. The predicted octanol–water partition coefficient (Wildman–Crippen LogP) is 2.84. The van der Waals surface area contributed by atoms with Crippen LogP contribution in [0.1, 0.15) is 23.0 Å². The zero-order valence-electron chi connectivity index (χ0n) is 15.6. The van der Waals surface area contributed by atoms with Gasteiger partial charge in [-0.25, -0.2) is 9.78 Å². The van der Waals surface area contributed by atoms with Crippen LogP contribution in [-0.4, -0.2) is 59.0 Å². The summed E-state index contributed by atoms with van der Waals surface area (Å²) in [5.41, 5.74) is 2.39. The van der Waals surface area contributed by atoms with Crippen molar-refractivity contribution in [2.75, 3.05) is 38.2 Å². The number of hydrogen-bond donors (Lipinski definition) is 1. The topological polar surface area (TPSA) is 89.5 Å². The van der Waals surface area contributed by atoms with Crippen LogP contribution in [-0.2, 0) is 16.0 Å². The second kappa shape index (κ2) is 8.59. The van der Waals surface area contributed by atoms with Gasteiger partial charge >= 0.3 is 5.97 Å². The van der Waals surface area contributed by atoms with Gasteiger partial charge in [-0.2, -0.15) is 0 Å². The number of aromatic nitrogens is 3. The van der Waals surface area contributed by atoms with Crippen molar-refractivity contribution in [3.05, 3.63) is 41.6 Å². The van der Waals surface area contributed by atoms with E-state index in [1.54, 1.807) is 30.4 Å². The van der Waals surface area contributed by atoms with Gasteiger partial charge in [0.1, 0.15) is 0 Å². The zero-order valence-corrected chi connectivity index (χ0v) is 16.4. The van der Waals surface area contributed by atoms with Crippen LogP contribution in [0.15, 0.2) is 30.3 Å². The summed E-state index contributed by atoms with van der Waals surface area (Å²) < 4.78 is 11.4. The van der Waals surface area contributed by atoms with Crippen LogP contribution in [0.25, 0.3) is 10.2 Å². The number of carbonyl (C=O) groups excluding carboxylic acids is 1. The van der Waals surface area contributed by atoms with Crippen LogP contribution in [0.3, 0.4) is 0 Å². The van der Waals surface area contributed by atoms with E-state index in [0.29, 0.717) is 12.4 Å². The summed E-state index contributed by atoms with van der Waals surface area (Å²) in [6.45, 7) is 6.50. The largest absolute Gasteiger partial charge is 0.461 e. The Balaban J connectivity index is 1.44. The van der Waals surface area contributed by atoms with Crippen LogP contribution >= 0.6 is 11.3 Å². The van der Waals surface area contributed by atoms with E-state index in [-0.39, 0.29) is 5.69 Å². The first-order valence-corrected chi connectivity index (χ1v) is 10.0. The molecule has 3 heterocycles. The number of anilines is 2. The fraction of sp³-hybridized carbons (Fsp3) is 0.368. The lowest BCUT2D eigenvalue weighted by Gasteiger charge is -2.26. The standard InChI is InChI=1S/C19H21N5O3S/c1-2-27-18(25)15-5-6-17(23-22-15)21-19-20-14-4-3-13(11-16(14)28-19)12-24-7-9-26-10-8-24/h3-6,11H,2,7-10,12H2,1H3,(H,20,21,23). The lowest BCUT2D eigenvalue weighted by molar-refractivity contribution is 0.0342. The van der Waals surface area contributed by atoms with Gasteiger partial charge in [0.05, 0.1) is 30.0 Å². The number of ether oxygens (including phenoxy) is 2. The molecule has 0 saturated carbocycles. The Kier molecular flexibility index (Phi) is 5.75. The highest BCUT2D eigenvalue weighted by Gasteiger charge is 2.13. The molecule has 1 saturated heterocycles. The Morgan fingerprint density at radius 3 is 2.86 bits per heavy atom. The van der Waals surface area contributed by atoms with Crippen LogP contribution in [0.4, 0.5) is 10.9 Å². The number of esters is 1. The molecule has 1 fully saturated rings. The van der Waals surface area contributed by atoms with E-state index in [4.69, 9.17) is 9.47 Å². The fourth-order valence-corrected chi connectivity index (χ4v) is 3.90. The Labute approximate surface area is 166 Å². The maximum Gasteiger partial charge on any atom is 0.358 e. The molecule has 4 rings (SSSR count). The molecule has 1 aliphatic rings. The molecule has 1 aliphatic heterocycles. The van der Waals surface area contributed by atoms with Crippen molar-refractivity contribution in [3.8, 4) is 0 Å². The molecule has 8 nitrogen and oxygen atoms in total. The number of thiazole rings is 1. The van der Waals surface area contributed by atoms with E-state index in [9.17, 15) is 4.79 Å². The lowest BCUT2D eigenvalue weighted by atomic mass is 10.2. The lowest BCUT2D eigenvalue weighted by Crippen LogP contribution is -2.35. The van der Waals surface area contributed by atoms with Gasteiger partial charge in [0.15, 0.2) is 16.6 Å². The Morgan fingerprint density at radius 1 is 1.25 bits per heavy atom. The van der Waals surface area contributed by atoms with E-state index >= 15 is 0 Å². The number of nitrogens with one attached hydrogen (secondary N) is 1. The highest BCUT2D eigenvalue weighted by molar-refractivity contribution is 7.22. The van der Waals surface area contributed by atoms with Crippen molar-refractivity contribution in [2.24, 2.45) is 0 Å². The van der Waals surface area contributed by atoms with E-state index < -0.39 is 5.97 Å². The predicted molar refractivity (Wildman–Crippen MR) is 107 cm³/mol. The number of fused-ring (bicyclic) bond motifs is 1. The molecule has 0 spiro atoms. The number of benzene rings is 1. The third-order valence-electron chi connectivity index (χ3n) is 4.35. The van der Waals surface area contributed by atoms with Gasteiger partial charge in [-0.3, -0.25) is 4.90 Å². The van der Waals surface area contributed by atoms with Crippen molar-refractivity contribution in [1.29, 1.82) is 0 Å². The molecular formula is C19H21N5O3S. The van der Waals surface area contributed by atoms with Crippen molar-refractivity contribution >= 4 is 38.5 Å². The second-order valence-corrected chi connectivity index (χ2v) is 7.39. The van der Waals surface area contributed by atoms with E-state index in [2.05, 4.69) is 37.5 Å². The molecule has 0 bridgehead atoms. The summed E-state index contributed by atoms with van der Waals surface area (Å²) in [5, 5.41) is 11.8. The molecule has 0 aliphatic carbocycles. The molecule has 1 aromatic carbocycles. The minimum absolute atomic E-state index is 0.185. The summed E-state index contributed by atoms with van der Waals surface area (Å²) in [4.78, 5) is 18.6. The molecular weight excluding hydrogens is 378 g/mol. The normalized spacial score (nSPS) is 14.9. The summed E-state index contributed by atoms with van der Waals surface area (Å²) in [6, 6.07) is 9.62. The van der Waals surface area contributed by atoms with Gasteiger partial charge in [0.2, 0.25) is 0 Å². The minimum atomic E-state index is -0.477. The van der Waals surface area contributed by atoms with Crippen LogP contribution in [0.2, 0.25) is 0 Å². The molecule has 0 unspecified atom stereocenters. The van der Waals surface area contributed by atoms with Gasteiger partial charge in [-0.1, -0.05) is 17.4 Å². The van der Waals surface area contributed by atoms with Gasteiger partial charge < -0.3 is 14.8 Å². The Hall–Kier alpha value is -2.62. The third kappa shape index (κ3) is 4.44. The zero-order chi connectivity index (χ0) is 19.3. The molecule has 2 aromatic heterocycles. The SMILES string of the molecule is CCOC(=O)c1ccc(Nc2nc3ccc(CN4CCOCC4)cc3s2)nn1. The number of carbonyl (C=O) groups is 1. The molecule has 0 amide bonds. The van der Waals surface area contributed by atoms with E-state index in [1.165, 1.54) is 5.56 Å². The van der Waals surface area contributed by atoms with Crippen molar-refractivity contribution in [2.45, 2.75) is 13.5 Å². The number of hydrogen-bond acceptors (Lipinski definition) is 9. The minimum Gasteiger partial charge on any atom is -0.461 e. The monoisotopic (exact) mass is 399 g/mol. The highest BCUT2D eigenvalue weighted by atomic mass is 32.1. The first kappa shape index (κ1) is 18.7. The van der Waals surface area contributed by atoms with Crippen LogP contribution < -0.4 is 5.32 Å². The van der Waals surface area contributed by atoms with E-state index in [0.717, 1.165) is 48.2 Å². The maximum absolute atomic E-state index is 11.6. The highest BCUT2D eigenvalue weighted by Crippen LogP contribution is 2.29. The average Bonchev–Trinajstić information content (AvgIpc) is 3.11. The Morgan fingerprint density at radius 2 is 2.11 bits per heavy atom. The molecule has 0 atom stereocenters. The van der Waals surface area contributed by atoms with Crippen molar-refractivity contribution in [1.82, 2.24) is 20.1 Å². The van der Waals surface area contributed by atoms with Gasteiger partial charge in [-0.05, 0) is 36.8 Å². The molecule has 3 aromatic rings. The number of rotatable bonds is 6. The van der Waals surface area contributed by atoms with Crippen LogP contribution in [0, 0.1) is 0 Å².